The van der Waals surface area contributed by atoms with Gasteiger partial charge >= 0.3 is 0 Å². The summed E-state index contributed by atoms with van der Waals surface area (Å²) in [5.41, 5.74) is 6.62. The first kappa shape index (κ1) is 18.1. The summed E-state index contributed by atoms with van der Waals surface area (Å²) in [6.07, 6.45) is 9.35. The highest BCUT2D eigenvalue weighted by molar-refractivity contribution is 5.38. The van der Waals surface area contributed by atoms with Gasteiger partial charge < -0.3 is 4.90 Å². The highest BCUT2D eigenvalue weighted by atomic mass is 15.3. The molecule has 5 rings (SSSR count). The van der Waals surface area contributed by atoms with Crippen LogP contribution < -0.4 is 4.90 Å². The van der Waals surface area contributed by atoms with E-state index in [1.807, 2.05) is 0 Å². The number of anilines is 1. The van der Waals surface area contributed by atoms with Crippen LogP contribution in [0.15, 0.2) is 6.20 Å². The predicted octanol–water partition coefficient (Wildman–Crippen LogP) is 3.56. The van der Waals surface area contributed by atoms with Gasteiger partial charge in [0.2, 0.25) is 5.95 Å². The summed E-state index contributed by atoms with van der Waals surface area (Å²) in [4.78, 5) is 14.8. The Morgan fingerprint density at radius 1 is 1.14 bits per heavy atom. The predicted molar refractivity (Wildman–Crippen MR) is 110 cm³/mol. The fourth-order valence-corrected chi connectivity index (χ4v) is 5.45. The molecule has 0 aliphatic carbocycles. The quantitative estimate of drug-likeness (QED) is 0.794. The van der Waals surface area contributed by atoms with Crippen LogP contribution in [0.5, 0.6) is 0 Å². The molecule has 2 saturated heterocycles. The first-order valence-electron chi connectivity index (χ1n) is 11.0. The van der Waals surface area contributed by atoms with E-state index in [2.05, 4.69) is 41.4 Å². The molecule has 0 unspecified atom stereocenters. The highest BCUT2D eigenvalue weighted by Crippen LogP contribution is 2.44. The molecule has 28 heavy (non-hydrogen) atoms. The first-order chi connectivity index (χ1) is 13.7. The number of rotatable bonds is 5. The summed E-state index contributed by atoms with van der Waals surface area (Å²) in [7, 11) is 0. The van der Waals surface area contributed by atoms with Crippen molar-refractivity contribution in [1.82, 2.24) is 24.6 Å². The Balaban J connectivity index is 1.41. The lowest BCUT2D eigenvalue weighted by Crippen LogP contribution is -2.38. The van der Waals surface area contributed by atoms with Crippen LogP contribution in [0.4, 0.5) is 5.95 Å². The van der Waals surface area contributed by atoms with Gasteiger partial charge in [0.15, 0.2) is 0 Å². The van der Waals surface area contributed by atoms with Gasteiger partial charge in [-0.3, -0.25) is 9.58 Å². The lowest BCUT2D eigenvalue weighted by Gasteiger charge is -2.36. The van der Waals surface area contributed by atoms with Crippen LogP contribution in [-0.4, -0.2) is 43.8 Å². The van der Waals surface area contributed by atoms with E-state index in [0.29, 0.717) is 12.1 Å². The molecule has 3 aliphatic rings. The maximum atomic E-state index is 5.01. The van der Waals surface area contributed by atoms with Crippen molar-refractivity contribution in [2.24, 2.45) is 0 Å². The first-order valence-corrected chi connectivity index (χ1v) is 11.0. The molecular weight excluding hydrogens is 348 g/mol. The zero-order chi connectivity index (χ0) is 19.3. The molecule has 0 N–H and O–H groups in total. The minimum absolute atomic E-state index is 0.467. The van der Waals surface area contributed by atoms with Gasteiger partial charge in [0.05, 0.1) is 11.4 Å². The molecule has 2 atom stereocenters. The second-order valence-corrected chi connectivity index (χ2v) is 8.76. The third kappa shape index (κ3) is 2.93. The van der Waals surface area contributed by atoms with Gasteiger partial charge in [-0.2, -0.15) is 5.10 Å². The molecule has 0 aromatic carbocycles. The summed E-state index contributed by atoms with van der Waals surface area (Å²) in [6.45, 7) is 10.8. The van der Waals surface area contributed by atoms with E-state index in [1.165, 1.54) is 53.9 Å². The molecule has 3 aliphatic heterocycles. The molecule has 2 bridgehead atoms. The highest BCUT2D eigenvalue weighted by Gasteiger charge is 2.41. The lowest BCUT2D eigenvalue weighted by molar-refractivity contribution is 0.165. The molecule has 150 valence electrons. The van der Waals surface area contributed by atoms with Crippen LogP contribution in [0.3, 0.4) is 0 Å². The maximum absolute atomic E-state index is 5.01. The van der Waals surface area contributed by atoms with Crippen molar-refractivity contribution < 1.29 is 0 Å². The fourth-order valence-electron chi connectivity index (χ4n) is 5.45. The summed E-state index contributed by atoms with van der Waals surface area (Å²) in [5.74, 6) is 0.955. The Morgan fingerprint density at radius 2 is 1.96 bits per heavy atom. The van der Waals surface area contributed by atoms with Crippen molar-refractivity contribution in [2.75, 3.05) is 18.0 Å². The molecule has 0 spiro atoms. The van der Waals surface area contributed by atoms with E-state index in [-0.39, 0.29) is 0 Å². The van der Waals surface area contributed by atoms with E-state index < -0.39 is 0 Å². The van der Waals surface area contributed by atoms with E-state index in [4.69, 9.17) is 15.1 Å². The van der Waals surface area contributed by atoms with Gasteiger partial charge in [-0.05, 0) is 46.0 Å². The molecule has 0 amide bonds. The van der Waals surface area contributed by atoms with Crippen molar-refractivity contribution in [1.29, 1.82) is 0 Å². The smallest absolute Gasteiger partial charge is 0.225 e. The molecule has 2 aromatic heterocycles. The van der Waals surface area contributed by atoms with E-state index in [1.54, 1.807) is 0 Å². The third-order valence-electron chi connectivity index (χ3n) is 7.01. The second kappa shape index (κ2) is 7.14. The Labute approximate surface area is 168 Å². The Bertz CT molecular complexity index is 866. The number of hydrogen-bond acceptors (Lipinski definition) is 5. The van der Waals surface area contributed by atoms with Crippen LogP contribution in [0.2, 0.25) is 0 Å². The molecule has 5 heterocycles. The average molecular weight is 381 g/mol. The van der Waals surface area contributed by atoms with Crippen LogP contribution in [0.25, 0.3) is 0 Å². The molecule has 2 fully saturated rings. The summed E-state index contributed by atoms with van der Waals surface area (Å²) < 4.78 is 2.19. The van der Waals surface area contributed by atoms with Crippen molar-refractivity contribution >= 4 is 5.95 Å². The molecule has 6 heteroatoms. The van der Waals surface area contributed by atoms with E-state index in [0.717, 1.165) is 45.0 Å². The van der Waals surface area contributed by atoms with Gasteiger partial charge in [0, 0.05) is 67.7 Å². The van der Waals surface area contributed by atoms with Crippen LogP contribution in [0, 0.1) is 13.8 Å². The van der Waals surface area contributed by atoms with Gasteiger partial charge in [0.25, 0.3) is 0 Å². The maximum Gasteiger partial charge on any atom is 0.225 e. The zero-order valence-corrected chi connectivity index (χ0v) is 17.5. The van der Waals surface area contributed by atoms with Gasteiger partial charge in [-0.15, -0.1) is 0 Å². The van der Waals surface area contributed by atoms with Crippen LogP contribution in [-0.2, 0) is 19.5 Å². The Hall–Kier alpha value is -1.95. The van der Waals surface area contributed by atoms with Crippen LogP contribution in [0.1, 0.15) is 73.3 Å². The Kier molecular flexibility index (Phi) is 4.62. The lowest BCUT2D eigenvalue weighted by atomic mass is 9.98. The zero-order valence-electron chi connectivity index (χ0n) is 17.5. The van der Waals surface area contributed by atoms with Gasteiger partial charge in [0.1, 0.15) is 0 Å². The minimum Gasteiger partial charge on any atom is -0.341 e. The number of hydrogen-bond donors (Lipinski definition) is 0. The molecule has 6 nitrogen and oxygen atoms in total. The summed E-state index contributed by atoms with van der Waals surface area (Å²) in [5, 5.41) is 4.80. The van der Waals surface area contributed by atoms with Crippen molar-refractivity contribution in [3.05, 3.63) is 34.4 Å². The fraction of sp³-hybridized carbons (Fsp3) is 0.682. The summed E-state index contributed by atoms with van der Waals surface area (Å²) in [6, 6.07) is 1.07. The topological polar surface area (TPSA) is 50.1 Å². The normalized spacial score (nSPS) is 24.2. The second-order valence-electron chi connectivity index (χ2n) is 8.76. The average Bonchev–Trinajstić information content (AvgIpc) is 3.38. The van der Waals surface area contributed by atoms with Crippen molar-refractivity contribution in [2.45, 2.75) is 84.5 Å². The minimum atomic E-state index is 0.467. The van der Waals surface area contributed by atoms with E-state index in [9.17, 15) is 0 Å². The summed E-state index contributed by atoms with van der Waals surface area (Å²) >= 11 is 0. The molecule has 2 aromatic rings. The standard InChI is InChI=1S/C22H32N6/c1-4-9-28-16(3)19(15(2)25-28)14-27-17-7-8-21(27)18-13-23-22(24-20(18)12-17)26-10-5-6-11-26/h13,17,21H,4-12,14H2,1-3H3/t17-,21-/m1/s1. The van der Waals surface area contributed by atoms with Crippen molar-refractivity contribution in [3.63, 3.8) is 0 Å². The van der Waals surface area contributed by atoms with Crippen LogP contribution >= 0.6 is 0 Å². The monoisotopic (exact) mass is 380 g/mol. The van der Waals surface area contributed by atoms with Gasteiger partial charge in [-0.25, -0.2) is 9.97 Å². The number of nitrogens with zero attached hydrogens (tertiary/aromatic N) is 6. The largest absolute Gasteiger partial charge is 0.341 e. The van der Waals surface area contributed by atoms with E-state index >= 15 is 0 Å². The number of aromatic nitrogens is 4. The SMILES string of the molecule is CCCn1nc(C)c(CN2[C@@H]3CC[C@@H]2c2cnc(N4CCCC4)nc2C3)c1C. The van der Waals surface area contributed by atoms with Gasteiger partial charge in [-0.1, -0.05) is 6.92 Å². The van der Waals surface area contributed by atoms with Crippen molar-refractivity contribution in [3.8, 4) is 0 Å². The Morgan fingerprint density at radius 3 is 2.75 bits per heavy atom. The molecular formula is C22H32N6. The number of aryl methyl sites for hydroxylation is 2. The molecule has 0 radical (unpaired) electrons. The molecule has 0 saturated carbocycles. The third-order valence-corrected chi connectivity index (χ3v) is 7.01. The number of fused-ring (bicyclic) bond motifs is 4.